The third-order valence-electron chi connectivity index (χ3n) is 6.61. The van der Waals surface area contributed by atoms with Crippen molar-refractivity contribution in [3.63, 3.8) is 0 Å². The van der Waals surface area contributed by atoms with Gasteiger partial charge in [0.2, 0.25) is 0 Å². The molecule has 0 fully saturated rings. The summed E-state index contributed by atoms with van der Waals surface area (Å²) in [6.45, 7) is 11.2. The van der Waals surface area contributed by atoms with E-state index < -0.39 is 8.80 Å². The summed E-state index contributed by atoms with van der Waals surface area (Å²) in [5.74, 6) is 0.402. The predicted molar refractivity (Wildman–Crippen MR) is 136 cm³/mol. The van der Waals surface area contributed by atoms with Crippen LogP contribution in [0.15, 0.2) is 72.8 Å². The van der Waals surface area contributed by atoms with Crippen molar-refractivity contribution in [1.29, 1.82) is 0 Å². The molecular formula is C30H29Cl3SiTi. The topological polar surface area (TPSA) is 0 Å². The average Bonchev–Trinajstić information content (AvgIpc) is 2.99. The maximum atomic E-state index is 3.96. The van der Waals surface area contributed by atoms with Gasteiger partial charge >= 0.3 is 21.7 Å². The van der Waals surface area contributed by atoms with Gasteiger partial charge in [0.1, 0.15) is 8.80 Å². The Morgan fingerprint density at radius 3 is 1.63 bits per heavy atom. The molecule has 0 nitrogen and oxygen atoms in total. The standard InChI is InChI=1S/C30H29Si.3ClH.Ti/c1-19-12-20(2)15-25(14-19)31(26-16-21(3)13-22(4)17-26)24-10-11-29-28-9-7-6-8-27(28)23(5)30(29)18-24;;;;/h6-17,23,31H,1-5H3;3*1H;/q-1;;;;+4/p-3. The summed E-state index contributed by atoms with van der Waals surface area (Å²) in [6, 6.07) is 31.7. The van der Waals surface area contributed by atoms with E-state index >= 15 is 0 Å². The Hall–Kier alpha value is -1.32. The molecule has 1 unspecified atom stereocenters. The van der Waals surface area contributed by atoms with E-state index in [1.807, 2.05) is 0 Å². The molecule has 5 rings (SSSR count). The zero-order valence-electron chi connectivity index (χ0n) is 20.7. The van der Waals surface area contributed by atoms with Gasteiger partial charge < -0.3 is 37.2 Å². The molecule has 4 aromatic rings. The van der Waals surface area contributed by atoms with E-state index in [9.17, 15) is 0 Å². The van der Waals surface area contributed by atoms with Crippen LogP contribution in [0, 0.1) is 33.8 Å². The van der Waals surface area contributed by atoms with Crippen LogP contribution in [-0.2, 0) is 21.7 Å². The molecule has 4 aromatic carbocycles. The van der Waals surface area contributed by atoms with Gasteiger partial charge in [-0.1, -0.05) is 106 Å². The maximum absolute atomic E-state index is 3.96. The molecule has 0 saturated carbocycles. The molecule has 0 amide bonds. The minimum absolute atomic E-state index is 0. The minimum atomic E-state index is -1.64. The van der Waals surface area contributed by atoms with Crippen molar-refractivity contribution < 1.29 is 58.9 Å². The number of benzene rings is 4. The largest absolute Gasteiger partial charge is 4.00 e. The second-order valence-electron chi connectivity index (χ2n) is 9.33. The first-order valence-electron chi connectivity index (χ1n) is 11.2. The molecule has 0 aromatic heterocycles. The van der Waals surface area contributed by atoms with Crippen LogP contribution in [0.3, 0.4) is 0 Å². The second kappa shape index (κ2) is 12.8. The normalized spacial score (nSPS) is 12.9. The van der Waals surface area contributed by atoms with E-state index in [4.69, 9.17) is 0 Å². The summed E-state index contributed by atoms with van der Waals surface area (Å²) in [7, 11) is -1.64. The molecule has 0 saturated heterocycles. The Balaban J connectivity index is 0.00000153. The van der Waals surface area contributed by atoms with E-state index in [-0.39, 0.29) is 58.9 Å². The smallest absolute Gasteiger partial charge is 1.00 e. The molecule has 1 aliphatic carbocycles. The number of rotatable bonds is 3. The zero-order chi connectivity index (χ0) is 21.7. The number of hydrogen-bond donors (Lipinski definition) is 0. The first-order valence-corrected chi connectivity index (χ1v) is 13.0. The van der Waals surface area contributed by atoms with Crippen molar-refractivity contribution in [2.45, 2.75) is 40.5 Å². The molecule has 0 N–H and O–H groups in total. The second-order valence-corrected chi connectivity index (χ2v) is 12.1. The van der Waals surface area contributed by atoms with Crippen LogP contribution >= 0.6 is 0 Å². The van der Waals surface area contributed by atoms with Gasteiger partial charge in [-0.05, 0) is 39.2 Å². The van der Waals surface area contributed by atoms with Gasteiger partial charge in [-0.15, -0.1) is 11.1 Å². The van der Waals surface area contributed by atoms with E-state index in [1.54, 1.807) is 0 Å². The first kappa shape index (κ1) is 31.7. The third kappa shape index (κ3) is 6.16. The summed E-state index contributed by atoms with van der Waals surface area (Å²) in [5.41, 5.74) is 10.9. The summed E-state index contributed by atoms with van der Waals surface area (Å²) in [6.07, 6.45) is 0. The first-order chi connectivity index (χ1) is 14.9. The van der Waals surface area contributed by atoms with Crippen LogP contribution < -0.4 is 52.8 Å². The summed E-state index contributed by atoms with van der Waals surface area (Å²) < 4.78 is 0. The van der Waals surface area contributed by atoms with Crippen molar-refractivity contribution in [3.05, 3.63) is 112 Å². The van der Waals surface area contributed by atoms with E-state index in [0.717, 1.165) is 0 Å². The number of hydrogen-bond acceptors (Lipinski definition) is 0. The SMILES string of the molecule is Cc1cc(C)cc([SiH](c2[c-]c3c(cc2)-c2ccccc2C3C)c2cc(C)cc(C)c2)c1.[Cl-].[Cl-].[Cl-].[Ti+4]. The number of fused-ring (bicyclic) bond motifs is 3. The van der Waals surface area contributed by atoms with Crippen molar-refractivity contribution in [3.8, 4) is 11.1 Å². The Kier molecular flexibility index (Phi) is 11.6. The molecule has 1 atom stereocenters. The summed E-state index contributed by atoms with van der Waals surface area (Å²) in [4.78, 5) is 0. The zero-order valence-corrected chi connectivity index (χ0v) is 25.7. The molecule has 0 heterocycles. The monoisotopic (exact) mass is 570 g/mol. The third-order valence-corrected chi connectivity index (χ3v) is 9.57. The number of aryl methyl sites for hydroxylation is 4. The van der Waals surface area contributed by atoms with Gasteiger partial charge in [-0.3, -0.25) is 0 Å². The van der Waals surface area contributed by atoms with Crippen molar-refractivity contribution in [2.24, 2.45) is 0 Å². The Morgan fingerprint density at radius 2 is 1.11 bits per heavy atom. The fourth-order valence-corrected chi connectivity index (χ4v) is 8.86. The molecule has 0 radical (unpaired) electrons. The van der Waals surface area contributed by atoms with Gasteiger partial charge in [-0.2, -0.15) is 23.4 Å². The van der Waals surface area contributed by atoms with Gasteiger partial charge in [0.25, 0.3) is 0 Å². The maximum Gasteiger partial charge on any atom is 4.00 e. The van der Waals surface area contributed by atoms with Gasteiger partial charge in [0.15, 0.2) is 0 Å². The molecule has 5 heteroatoms. The van der Waals surface area contributed by atoms with Gasteiger partial charge in [0.05, 0.1) is 0 Å². The summed E-state index contributed by atoms with van der Waals surface area (Å²) >= 11 is 0. The van der Waals surface area contributed by atoms with Crippen molar-refractivity contribution in [2.75, 3.05) is 0 Å². The van der Waals surface area contributed by atoms with Crippen LogP contribution in [-0.4, -0.2) is 8.80 Å². The van der Waals surface area contributed by atoms with Crippen molar-refractivity contribution >= 4 is 24.4 Å². The quantitative estimate of drug-likeness (QED) is 0.134. The average molecular weight is 572 g/mol. The van der Waals surface area contributed by atoms with Crippen LogP contribution in [0.4, 0.5) is 0 Å². The Labute approximate surface area is 245 Å². The Morgan fingerprint density at radius 1 is 0.629 bits per heavy atom. The molecule has 1 aliphatic rings. The van der Waals surface area contributed by atoms with Gasteiger partial charge in [-0.25, -0.2) is 0 Å². The van der Waals surface area contributed by atoms with E-state index in [0.29, 0.717) is 5.92 Å². The minimum Gasteiger partial charge on any atom is -1.00 e. The molecule has 178 valence electrons. The van der Waals surface area contributed by atoms with Crippen LogP contribution in [0.2, 0.25) is 0 Å². The van der Waals surface area contributed by atoms with Crippen LogP contribution in [0.5, 0.6) is 0 Å². The number of halogens is 3. The van der Waals surface area contributed by atoms with Crippen molar-refractivity contribution in [1.82, 2.24) is 0 Å². The van der Waals surface area contributed by atoms with E-state index in [2.05, 4.69) is 113 Å². The molecular weight excluding hydrogens is 543 g/mol. The van der Waals surface area contributed by atoms with Crippen LogP contribution in [0.1, 0.15) is 46.2 Å². The molecule has 0 spiro atoms. The molecule has 0 aliphatic heterocycles. The predicted octanol–water partition coefficient (Wildman–Crippen LogP) is -3.89. The molecule has 35 heavy (non-hydrogen) atoms. The van der Waals surface area contributed by atoms with E-state index in [1.165, 1.54) is 60.1 Å². The molecule has 0 bridgehead atoms. The fourth-order valence-electron chi connectivity index (χ4n) is 5.45. The van der Waals surface area contributed by atoms with Crippen LogP contribution in [0.25, 0.3) is 11.1 Å². The summed E-state index contributed by atoms with van der Waals surface area (Å²) in [5, 5.41) is 4.37. The Bertz CT molecular complexity index is 1230. The van der Waals surface area contributed by atoms with Gasteiger partial charge in [0, 0.05) is 0 Å². The fraction of sp³-hybridized carbons (Fsp3) is 0.200.